The molecule has 1 aromatic carbocycles. The highest BCUT2D eigenvalue weighted by molar-refractivity contribution is 8.00. The first kappa shape index (κ1) is 16.8. The second kappa shape index (κ2) is 6.29. The molecule has 3 nitrogen and oxygen atoms in total. The predicted molar refractivity (Wildman–Crippen MR) is 79.3 cm³/mol. The zero-order valence-corrected chi connectivity index (χ0v) is 13.1. The van der Waals surface area contributed by atoms with Crippen LogP contribution in [0.1, 0.15) is 6.92 Å². The van der Waals surface area contributed by atoms with Crippen LogP contribution in [0.15, 0.2) is 52.4 Å². The average molecular weight is 347 g/mol. The first-order chi connectivity index (χ1) is 10.2. The largest absolute Gasteiger partial charge is 0.446 e. The normalized spacial score (nSPS) is 12.4. The van der Waals surface area contributed by atoms with Gasteiger partial charge in [0.2, 0.25) is 0 Å². The Morgan fingerprint density at radius 3 is 2.32 bits per heavy atom. The van der Waals surface area contributed by atoms with Crippen molar-refractivity contribution in [1.82, 2.24) is 4.98 Å². The van der Waals surface area contributed by atoms with Crippen molar-refractivity contribution in [1.29, 1.82) is 0 Å². The van der Waals surface area contributed by atoms with Gasteiger partial charge in [0, 0.05) is 16.7 Å². The second-order valence-corrected chi connectivity index (χ2v) is 7.71. The molecule has 0 radical (unpaired) electrons. The predicted octanol–water partition coefficient (Wildman–Crippen LogP) is 4.15. The lowest BCUT2D eigenvalue weighted by atomic mass is 10.1. The van der Waals surface area contributed by atoms with E-state index in [0.717, 1.165) is 0 Å². The highest BCUT2D eigenvalue weighted by Crippen LogP contribution is 2.37. The molecule has 0 bridgehead atoms. The first-order valence-corrected chi connectivity index (χ1v) is 8.74. The Kier molecular flexibility index (Phi) is 4.81. The van der Waals surface area contributed by atoms with Gasteiger partial charge in [-0.2, -0.15) is 13.2 Å². The van der Waals surface area contributed by atoms with Crippen LogP contribution in [0, 0.1) is 0 Å². The molecule has 0 atom stereocenters. The standard InChI is InChI=1S/C14H12F3NO2S2/c1-2-22(19,20)12-4-3-9-18-13(12)10-5-7-11(8-6-10)21-14(15,16)17/h3-9H,2H2,1H3. The number of hydrogen-bond acceptors (Lipinski definition) is 4. The third-order valence-electron chi connectivity index (χ3n) is 2.85. The van der Waals surface area contributed by atoms with Gasteiger partial charge in [-0.1, -0.05) is 19.1 Å². The van der Waals surface area contributed by atoms with Gasteiger partial charge in [0.05, 0.1) is 16.3 Å². The fraction of sp³-hybridized carbons (Fsp3) is 0.214. The molecule has 118 valence electrons. The van der Waals surface area contributed by atoms with E-state index in [1.54, 1.807) is 0 Å². The third kappa shape index (κ3) is 4.01. The van der Waals surface area contributed by atoms with Crippen LogP contribution >= 0.6 is 11.8 Å². The SMILES string of the molecule is CCS(=O)(=O)c1cccnc1-c1ccc(SC(F)(F)F)cc1. The van der Waals surface area contributed by atoms with Gasteiger partial charge in [-0.05, 0) is 36.0 Å². The molecule has 8 heteroatoms. The summed E-state index contributed by atoms with van der Waals surface area (Å²) < 4.78 is 61.0. The molecule has 0 spiro atoms. The number of nitrogens with zero attached hydrogens (tertiary/aromatic N) is 1. The van der Waals surface area contributed by atoms with Crippen LogP contribution in [0.3, 0.4) is 0 Å². The maximum Gasteiger partial charge on any atom is 0.446 e. The lowest BCUT2D eigenvalue weighted by molar-refractivity contribution is -0.0328. The van der Waals surface area contributed by atoms with Gasteiger partial charge in [0.1, 0.15) is 0 Å². The van der Waals surface area contributed by atoms with Gasteiger partial charge < -0.3 is 0 Å². The van der Waals surface area contributed by atoms with Gasteiger partial charge in [0.25, 0.3) is 0 Å². The number of thioether (sulfide) groups is 1. The topological polar surface area (TPSA) is 47.0 Å². The monoisotopic (exact) mass is 347 g/mol. The molecular formula is C14H12F3NO2S2. The molecule has 2 rings (SSSR count). The Morgan fingerprint density at radius 2 is 1.77 bits per heavy atom. The molecule has 0 saturated carbocycles. The van der Waals surface area contributed by atoms with Crippen LogP contribution in [0.5, 0.6) is 0 Å². The van der Waals surface area contributed by atoms with E-state index in [1.807, 2.05) is 0 Å². The fourth-order valence-corrected chi connectivity index (χ4v) is 3.43. The van der Waals surface area contributed by atoms with Gasteiger partial charge in [-0.3, -0.25) is 4.98 Å². The molecule has 2 aromatic rings. The fourth-order valence-electron chi connectivity index (χ4n) is 1.83. The zero-order valence-electron chi connectivity index (χ0n) is 11.5. The summed E-state index contributed by atoms with van der Waals surface area (Å²) in [5.41, 5.74) is -3.66. The van der Waals surface area contributed by atoms with Crippen LogP contribution in [-0.2, 0) is 9.84 Å². The number of rotatable bonds is 4. The summed E-state index contributed by atoms with van der Waals surface area (Å²) >= 11 is -0.220. The van der Waals surface area contributed by atoms with Crippen molar-refractivity contribution in [3.63, 3.8) is 0 Å². The Hall–Kier alpha value is -1.54. The zero-order chi connectivity index (χ0) is 16.4. The van der Waals surface area contributed by atoms with E-state index >= 15 is 0 Å². The molecule has 1 heterocycles. The van der Waals surface area contributed by atoms with Crippen molar-refractivity contribution in [2.75, 3.05) is 5.75 Å². The number of alkyl halides is 3. The Bertz CT molecular complexity index is 756. The summed E-state index contributed by atoms with van der Waals surface area (Å²) in [5.74, 6) is -0.0757. The second-order valence-electron chi connectivity index (χ2n) is 4.33. The molecular weight excluding hydrogens is 335 g/mol. The quantitative estimate of drug-likeness (QED) is 0.780. The van der Waals surface area contributed by atoms with Crippen LogP contribution in [-0.4, -0.2) is 24.7 Å². The van der Waals surface area contributed by atoms with E-state index in [0.29, 0.717) is 5.56 Å². The van der Waals surface area contributed by atoms with Crippen molar-refractivity contribution in [2.45, 2.75) is 22.2 Å². The molecule has 0 saturated heterocycles. The number of halogens is 3. The minimum absolute atomic E-state index is 0.0343. The molecule has 0 fully saturated rings. The van der Waals surface area contributed by atoms with E-state index < -0.39 is 15.3 Å². The van der Waals surface area contributed by atoms with E-state index in [1.165, 1.54) is 49.5 Å². The maximum atomic E-state index is 12.3. The van der Waals surface area contributed by atoms with Crippen molar-refractivity contribution in [3.05, 3.63) is 42.6 Å². The van der Waals surface area contributed by atoms with Crippen LogP contribution in [0.25, 0.3) is 11.3 Å². The molecule has 0 aliphatic heterocycles. The number of pyridine rings is 1. The molecule has 0 unspecified atom stereocenters. The Labute approximate surface area is 130 Å². The number of hydrogen-bond donors (Lipinski definition) is 0. The molecule has 0 aliphatic carbocycles. The Balaban J connectivity index is 2.42. The highest BCUT2D eigenvalue weighted by Gasteiger charge is 2.29. The van der Waals surface area contributed by atoms with Gasteiger partial charge in [0.15, 0.2) is 9.84 Å². The van der Waals surface area contributed by atoms with Gasteiger partial charge in [-0.15, -0.1) is 0 Å². The van der Waals surface area contributed by atoms with Crippen molar-refractivity contribution in [2.24, 2.45) is 0 Å². The molecule has 0 amide bonds. The van der Waals surface area contributed by atoms with Crippen molar-refractivity contribution in [3.8, 4) is 11.3 Å². The minimum atomic E-state index is -4.36. The molecule has 1 aromatic heterocycles. The van der Waals surface area contributed by atoms with Crippen LogP contribution < -0.4 is 0 Å². The van der Waals surface area contributed by atoms with Crippen LogP contribution in [0.2, 0.25) is 0 Å². The third-order valence-corrected chi connectivity index (χ3v) is 5.35. The number of aromatic nitrogens is 1. The smallest absolute Gasteiger partial charge is 0.255 e. The van der Waals surface area contributed by atoms with E-state index in [-0.39, 0.29) is 33.0 Å². The summed E-state index contributed by atoms with van der Waals surface area (Å²) in [4.78, 5) is 4.17. The van der Waals surface area contributed by atoms with Crippen molar-refractivity contribution >= 4 is 21.6 Å². The maximum absolute atomic E-state index is 12.3. The average Bonchev–Trinajstić information content (AvgIpc) is 2.46. The summed E-state index contributed by atoms with van der Waals surface area (Å²) in [6.07, 6.45) is 1.45. The van der Waals surface area contributed by atoms with Gasteiger partial charge in [-0.25, -0.2) is 8.42 Å². The number of sulfone groups is 1. The number of benzene rings is 1. The van der Waals surface area contributed by atoms with Crippen molar-refractivity contribution < 1.29 is 21.6 Å². The van der Waals surface area contributed by atoms with Crippen LogP contribution in [0.4, 0.5) is 13.2 Å². The minimum Gasteiger partial charge on any atom is -0.255 e. The van der Waals surface area contributed by atoms with Gasteiger partial charge >= 0.3 is 5.51 Å². The lowest BCUT2D eigenvalue weighted by Gasteiger charge is -2.09. The van der Waals surface area contributed by atoms with E-state index in [9.17, 15) is 21.6 Å². The lowest BCUT2D eigenvalue weighted by Crippen LogP contribution is -2.06. The first-order valence-electron chi connectivity index (χ1n) is 6.27. The molecule has 0 aliphatic rings. The summed E-state index contributed by atoms with van der Waals surface area (Å²) in [7, 11) is -3.46. The molecule has 0 N–H and O–H groups in total. The van der Waals surface area contributed by atoms with E-state index in [4.69, 9.17) is 0 Å². The summed E-state index contributed by atoms with van der Waals surface area (Å²) in [5, 5.41) is 0. The van der Waals surface area contributed by atoms with E-state index in [2.05, 4.69) is 4.98 Å². The highest BCUT2D eigenvalue weighted by atomic mass is 32.2. The Morgan fingerprint density at radius 1 is 1.14 bits per heavy atom. The summed E-state index contributed by atoms with van der Waals surface area (Å²) in [6, 6.07) is 8.42. The molecule has 22 heavy (non-hydrogen) atoms. The summed E-state index contributed by atoms with van der Waals surface area (Å²) in [6.45, 7) is 1.52.